The maximum Gasteiger partial charge on any atom is 0.0547 e. The first-order valence-electron chi connectivity index (χ1n) is 51.6. The lowest BCUT2D eigenvalue weighted by atomic mass is 10.0. The highest BCUT2D eigenvalue weighted by molar-refractivity contribution is 6.19. The molecule has 0 saturated carbocycles. The van der Waals surface area contributed by atoms with Crippen molar-refractivity contribution in [2.75, 3.05) is 0 Å². The molecule has 8 heterocycles. The van der Waals surface area contributed by atoms with E-state index < -0.39 is 0 Å². The van der Waals surface area contributed by atoms with Gasteiger partial charge in [0.1, 0.15) is 0 Å². The highest BCUT2D eigenvalue weighted by atomic mass is 15.0. The number of aromatic nitrogens is 8. The van der Waals surface area contributed by atoms with Gasteiger partial charge in [-0.15, -0.1) is 0 Å². The summed E-state index contributed by atoms with van der Waals surface area (Å²) < 4.78 is 18.9. The molecule has 0 radical (unpaired) electrons. The molecule has 0 saturated heterocycles. The molecule has 0 aliphatic rings. The van der Waals surface area contributed by atoms with Crippen molar-refractivity contribution in [3.05, 3.63) is 534 Å². The lowest BCUT2D eigenvalue weighted by Gasteiger charge is -2.10. The van der Waals surface area contributed by atoms with Crippen LogP contribution in [0.1, 0.15) is 0 Å². The monoisotopic (exact) mass is 1920 g/mol. The Morgan fingerprint density at radius 2 is 0.247 bits per heavy atom. The van der Waals surface area contributed by atoms with Crippen molar-refractivity contribution in [3.63, 3.8) is 0 Å². The third-order valence-electron chi connectivity index (χ3n) is 31.3. The number of aryl methyl sites for hydroxylation is 4. The molecule has 150 heavy (non-hydrogen) atoms. The number of para-hydroxylation sites is 5. The van der Waals surface area contributed by atoms with E-state index in [9.17, 15) is 0 Å². The summed E-state index contributed by atoms with van der Waals surface area (Å²) in [6.07, 6.45) is 0. The van der Waals surface area contributed by atoms with Gasteiger partial charge in [-0.1, -0.05) is 370 Å². The summed E-state index contributed by atoms with van der Waals surface area (Å²) in [6.45, 7) is 0. The standard InChI is InChI=1S/3C37H26N2.C31H22N2/c1-38-34-21-18-29(24-33(34)31-19-16-28(23-37(31)38)26-12-6-3-7-13-26)39-35-15-9-8-14-30(35)32-22-27(17-20-36(32)39)25-10-4-2-5-11-25;1-38-34-21-18-29(24-33(34)32-20-17-27(22-36(32)38)25-10-4-2-5-11-25)39-35-15-9-8-14-30(35)31-19-16-28(23-37(31)39)26-12-6-3-7-13-26;1-38-34-19-16-27(25-10-4-2-5-11-25)23-32(34)33-24-29(18-21-35(33)38)39-36-15-9-8-14-30(36)31-22-28(17-20-37(31)39)26-12-6-3-7-13-26;1-32-28-13-7-5-12-25(28)27-20-23(16-18-29(27)32)33-30-14-8-6-11-24(30)26-17-15-22(19-31(26)33)21-9-3-2-4-10-21/h3*2-24H,1H3;2-20H,1H3. The van der Waals surface area contributed by atoms with Crippen molar-refractivity contribution in [1.82, 2.24) is 36.5 Å². The van der Waals surface area contributed by atoms with Gasteiger partial charge in [0.2, 0.25) is 0 Å². The molecule has 31 aromatic rings. The third kappa shape index (κ3) is 14.9. The van der Waals surface area contributed by atoms with E-state index in [2.05, 4.69) is 599 Å². The molecule has 0 aliphatic heterocycles. The predicted octanol–water partition coefficient (Wildman–Crippen LogP) is 37.4. The van der Waals surface area contributed by atoms with Gasteiger partial charge in [-0.3, -0.25) is 0 Å². The zero-order chi connectivity index (χ0) is 99.7. The van der Waals surface area contributed by atoms with Gasteiger partial charge in [-0.25, -0.2) is 0 Å². The van der Waals surface area contributed by atoms with Crippen LogP contribution in [0.25, 0.3) is 275 Å². The molecular weight excluding hydrogens is 1820 g/mol. The quantitative estimate of drug-likeness (QED) is 0.124. The smallest absolute Gasteiger partial charge is 0.0547 e. The fraction of sp³-hybridized carbons (Fsp3) is 0.0282. The third-order valence-corrected chi connectivity index (χ3v) is 31.3. The normalized spacial score (nSPS) is 11.7. The summed E-state index contributed by atoms with van der Waals surface area (Å²) in [6, 6.07) is 193. The number of benzene rings is 23. The first-order valence-corrected chi connectivity index (χ1v) is 51.6. The predicted molar refractivity (Wildman–Crippen MR) is 637 cm³/mol. The molecule has 31 rings (SSSR count). The van der Waals surface area contributed by atoms with Crippen LogP contribution in [-0.2, 0) is 28.2 Å². The maximum atomic E-state index is 2.42. The minimum absolute atomic E-state index is 1.18. The molecular formula is C142H100N8. The van der Waals surface area contributed by atoms with E-state index in [0.29, 0.717) is 0 Å². The highest BCUT2D eigenvalue weighted by Crippen LogP contribution is 2.46. The average molecular weight is 1920 g/mol. The van der Waals surface area contributed by atoms with Gasteiger partial charge in [0, 0.05) is 181 Å². The zero-order valence-electron chi connectivity index (χ0n) is 83.4. The summed E-state index contributed by atoms with van der Waals surface area (Å²) in [7, 11) is 8.66. The largest absolute Gasteiger partial charge is 0.344 e. The van der Waals surface area contributed by atoms with E-state index in [1.165, 1.54) is 275 Å². The van der Waals surface area contributed by atoms with Crippen molar-refractivity contribution in [3.8, 4) is 101 Å². The fourth-order valence-electron chi connectivity index (χ4n) is 24.0. The molecule has 0 atom stereocenters. The van der Waals surface area contributed by atoms with Gasteiger partial charge >= 0.3 is 0 Å². The van der Waals surface area contributed by atoms with Crippen LogP contribution in [0.2, 0.25) is 0 Å². The van der Waals surface area contributed by atoms with Crippen molar-refractivity contribution in [1.29, 1.82) is 0 Å². The Kier molecular flexibility index (Phi) is 21.4. The molecule has 0 bridgehead atoms. The molecule has 0 spiro atoms. The summed E-state index contributed by atoms with van der Waals surface area (Å²) in [4.78, 5) is 0. The molecule has 8 heteroatoms. The first kappa shape index (κ1) is 88.2. The Labute approximate surface area is 867 Å². The minimum Gasteiger partial charge on any atom is -0.344 e. The lowest BCUT2D eigenvalue weighted by Crippen LogP contribution is -1.94. The van der Waals surface area contributed by atoms with Gasteiger partial charge < -0.3 is 36.5 Å². The summed E-state index contributed by atoms with van der Waals surface area (Å²) in [5.41, 5.74) is 41.9. The Morgan fingerprint density at radius 1 is 0.0933 bits per heavy atom. The number of hydrogen-bond acceptors (Lipinski definition) is 0. The Hall–Kier alpha value is -19.5. The number of nitrogens with zero attached hydrogens (tertiary/aromatic N) is 8. The Morgan fingerprint density at radius 3 is 0.527 bits per heavy atom. The molecule has 0 fully saturated rings. The number of fused-ring (bicyclic) bond motifs is 24. The van der Waals surface area contributed by atoms with Crippen LogP contribution in [0, 0.1) is 0 Å². The van der Waals surface area contributed by atoms with Crippen LogP contribution < -0.4 is 0 Å². The molecule has 0 N–H and O–H groups in total. The second kappa shape index (κ2) is 36.3. The van der Waals surface area contributed by atoms with Crippen LogP contribution in [0.5, 0.6) is 0 Å². The van der Waals surface area contributed by atoms with Crippen LogP contribution in [0.15, 0.2) is 534 Å². The van der Waals surface area contributed by atoms with Gasteiger partial charge in [0.05, 0.1) is 44.1 Å². The first-order chi connectivity index (χ1) is 74.1. The summed E-state index contributed by atoms with van der Waals surface area (Å²) >= 11 is 0. The Balaban J connectivity index is 0.0000000962. The summed E-state index contributed by atoms with van der Waals surface area (Å²) in [5, 5.41) is 20.4. The lowest BCUT2D eigenvalue weighted by molar-refractivity contribution is 1.01. The minimum atomic E-state index is 1.18. The van der Waals surface area contributed by atoms with Gasteiger partial charge in [-0.2, -0.15) is 0 Å². The van der Waals surface area contributed by atoms with Gasteiger partial charge in [0.25, 0.3) is 0 Å². The van der Waals surface area contributed by atoms with E-state index in [0.717, 1.165) is 0 Å². The molecule has 23 aromatic carbocycles. The fourth-order valence-corrected chi connectivity index (χ4v) is 24.0. The second-order valence-electron chi connectivity index (χ2n) is 39.7. The summed E-state index contributed by atoms with van der Waals surface area (Å²) in [5.74, 6) is 0. The van der Waals surface area contributed by atoms with Crippen molar-refractivity contribution in [2.45, 2.75) is 0 Å². The van der Waals surface area contributed by atoms with Crippen LogP contribution in [-0.4, -0.2) is 36.5 Å². The highest BCUT2D eigenvalue weighted by Gasteiger charge is 2.24. The molecule has 0 aliphatic carbocycles. The van der Waals surface area contributed by atoms with Crippen molar-refractivity contribution < 1.29 is 0 Å². The van der Waals surface area contributed by atoms with Crippen LogP contribution >= 0.6 is 0 Å². The second-order valence-corrected chi connectivity index (χ2v) is 39.7. The Bertz CT molecular complexity index is 10700. The van der Waals surface area contributed by atoms with E-state index in [4.69, 9.17) is 0 Å². The molecule has 8 nitrogen and oxygen atoms in total. The van der Waals surface area contributed by atoms with E-state index in [1.807, 2.05) is 0 Å². The molecule has 0 amide bonds. The van der Waals surface area contributed by atoms with E-state index in [-0.39, 0.29) is 0 Å². The zero-order valence-corrected chi connectivity index (χ0v) is 83.4. The molecule has 708 valence electrons. The van der Waals surface area contributed by atoms with Crippen molar-refractivity contribution >= 4 is 174 Å². The molecule has 8 aromatic heterocycles. The van der Waals surface area contributed by atoms with Gasteiger partial charge in [-0.05, 0) is 242 Å². The van der Waals surface area contributed by atoms with E-state index >= 15 is 0 Å². The number of hydrogen-bond donors (Lipinski definition) is 0. The maximum absolute atomic E-state index is 2.42. The average Bonchev–Trinajstić information content (AvgIpc) is 1.58. The van der Waals surface area contributed by atoms with Crippen LogP contribution in [0.4, 0.5) is 0 Å². The SMILES string of the molecule is Cn1c2ccc(-c3ccccc3)cc2c2cc(-n3c4ccccc4c4cc(-c5ccccc5)ccc43)ccc21.Cn1c2ccc(-n3c4ccccc4c4cc(-c5ccccc5)ccc43)cc2c2ccc(-c3ccccc3)cc21.Cn1c2ccc(-n3c4ccccc4c4ccc(-c5ccccc5)cc43)cc2c2ccc(-c3ccccc3)cc21.Cn1c2ccccc2c2cc(-n3c4ccccc4c4ccc(-c5ccccc5)cc43)ccc21. The number of rotatable bonds is 11. The topological polar surface area (TPSA) is 39.4 Å². The molecule has 0 unspecified atom stereocenters. The van der Waals surface area contributed by atoms with Crippen molar-refractivity contribution in [2.24, 2.45) is 28.2 Å². The van der Waals surface area contributed by atoms with Gasteiger partial charge in [0.15, 0.2) is 0 Å². The van der Waals surface area contributed by atoms with E-state index in [1.54, 1.807) is 0 Å². The van der Waals surface area contributed by atoms with Crippen LogP contribution in [0.3, 0.4) is 0 Å².